The number of hydrogen-bond donors (Lipinski definition) is 0. The molecule has 42 heavy (non-hydrogen) atoms. The Morgan fingerprint density at radius 3 is 1.02 bits per heavy atom. The van der Waals surface area contributed by atoms with Crippen LogP contribution in [-0.4, -0.2) is 15.0 Å². The van der Waals surface area contributed by atoms with Crippen molar-refractivity contribution in [3.8, 4) is 22.3 Å². The SMILES string of the molecule is c1ccc2c(-c3c4ccccc4c(-c4c5ccccc5nc5ccccc45)c4cnccc34)c3ccccc3nc2c1. The molecule has 3 heterocycles. The number of pyridine rings is 3. The Kier molecular flexibility index (Phi) is 4.90. The van der Waals surface area contributed by atoms with Crippen LogP contribution >= 0.6 is 0 Å². The van der Waals surface area contributed by atoms with Crippen LogP contribution in [0.15, 0.2) is 140 Å². The molecule has 0 atom stereocenters. The zero-order valence-corrected chi connectivity index (χ0v) is 22.6. The van der Waals surface area contributed by atoms with Gasteiger partial charge in [-0.15, -0.1) is 0 Å². The summed E-state index contributed by atoms with van der Waals surface area (Å²) >= 11 is 0. The van der Waals surface area contributed by atoms with Crippen LogP contribution in [0.4, 0.5) is 0 Å². The first kappa shape index (κ1) is 23.1. The highest BCUT2D eigenvalue weighted by atomic mass is 14.7. The summed E-state index contributed by atoms with van der Waals surface area (Å²) in [5.74, 6) is 0. The van der Waals surface area contributed by atoms with E-state index in [1.807, 2.05) is 12.4 Å². The molecule has 0 bridgehead atoms. The second-order valence-electron chi connectivity index (χ2n) is 10.8. The number of nitrogens with zero attached hydrogens (tertiary/aromatic N) is 3. The van der Waals surface area contributed by atoms with E-state index in [9.17, 15) is 0 Å². The molecule has 0 aliphatic heterocycles. The third-order valence-corrected chi connectivity index (χ3v) is 8.50. The summed E-state index contributed by atoms with van der Waals surface area (Å²) in [7, 11) is 0. The van der Waals surface area contributed by atoms with Gasteiger partial charge in [-0.05, 0) is 52.1 Å². The maximum absolute atomic E-state index is 5.04. The molecule has 194 valence electrons. The van der Waals surface area contributed by atoms with Crippen LogP contribution in [0, 0.1) is 0 Å². The van der Waals surface area contributed by atoms with Gasteiger partial charge in [0, 0.05) is 56.0 Å². The van der Waals surface area contributed by atoms with E-state index in [0.29, 0.717) is 0 Å². The standard InChI is InChI=1S/C39H23N3/c1-2-12-25-24(11-1)36(38-27-13-3-7-17-32(27)41-33-18-8-4-14-28(33)38)26-21-22-40-23-31(26)37(25)39-29-15-5-9-19-34(29)42-35-20-10-6-16-30(35)39/h1-23H. The van der Waals surface area contributed by atoms with Gasteiger partial charge in [0.25, 0.3) is 0 Å². The predicted octanol–water partition coefficient (Wildman–Crippen LogP) is 10.1. The smallest absolute Gasteiger partial charge is 0.0715 e. The lowest BCUT2D eigenvalue weighted by Gasteiger charge is -2.21. The van der Waals surface area contributed by atoms with Crippen molar-refractivity contribution >= 4 is 65.2 Å². The van der Waals surface area contributed by atoms with Gasteiger partial charge in [-0.2, -0.15) is 0 Å². The minimum absolute atomic E-state index is 0.988. The Morgan fingerprint density at radius 2 is 0.595 bits per heavy atom. The molecule has 3 heteroatoms. The number of rotatable bonds is 2. The normalized spacial score (nSPS) is 11.8. The lowest BCUT2D eigenvalue weighted by atomic mass is 9.83. The zero-order chi connectivity index (χ0) is 27.6. The fourth-order valence-electron chi connectivity index (χ4n) is 6.78. The first-order valence-corrected chi connectivity index (χ1v) is 14.2. The molecule has 0 radical (unpaired) electrons. The van der Waals surface area contributed by atoms with Crippen LogP contribution in [0.2, 0.25) is 0 Å². The number of aromatic nitrogens is 3. The Bertz CT molecular complexity index is 2190. The molecule has 3 aromatic heterocycles. The monoisotopic (exact) mass is 533 g/mol. The van der Waals surface area contributed by atoms with E-state index in [1.54, 1.807) is 0 Å². The molecular weight excluding hydrogens is 510 g/mol. The van der Waals surface area contributed by atoms with Crippen molar-refractivity contribution in [2.45, 2.75) is 0 Å². The molecule has 0 fully saturated rings. The summed E-state index contributed by atoms with van der Waals surface area (Å²) in [5, 5.41) is 9.26. The van der Waals surface area contributed by atoms with Gasteiger partial charge < -0.3 is 0 Å². The van der Waals surface area contributed by atoms with Gasteiger partial charge in [-0.3, -0.25) is 4.98 Å². The molecule has 0 saturated heterocycles. The first-order valence-electron chi connectivity index (χ1n) is 14.2. The fourth-order valence-corrected chi connectivity index (χ4v) is 6.78. The third-order valence-electron chi connectivity index (χ3n) is 8.50. The van der Waals surface area contributed by atoms with Crippen molar-refractivity contribution in [1.82, 2.24) is 15.0 Å². The average molecular weight is 534 g/mol. The van der Waals surface area contributed by atoms with E-state index < -0.39 is 0 Å². The summed E-state index contributed by atoms with van der Waals surface area (Å²) in [6, 6.07) is 44.9. The maximum Gasteiger partial charge on any atom is 0.0715 e. The molecule has 0 N–H and O–H groups in total. The fraction of sp³-hybridized carbons (Fsp3) is 0. The van der Waals surface area contributed by atoms with Gasteiger partial charge in [-0.25, -0.2) is 9.97 Å². The van der Waals surface area contributed by atoms with Crippen LogP contribution < -0.4 is 0 Å². The van der Waals surface area contributed by atoms with Gasteiger partial charge in [-0.1, -0.05) is 97.1 Å². The van der Waals surface area contributed by atoms with Crippen molar-refractivity contribution in [2.75, 3.05) is 0 Å². The van der Waals surface area contributed by atoms with Crippen molar-refractivity contribution in [2.24, 2.45) is 0 Å². The van der Waals surface area contributed by atoms with E-state index >= 15 is 0 Å². The Labute approximate surface area is 241 Å². The summed E-state index contributed by atoms with van der Waals surface area (Å²) in [6.07, 6.45) is 3.95. The van der Waals surface area contributed by atoms with Crippen molar-refractivity contribution in [3.63, 3.8) is 0 Å². The molecule has 0 aliphatic carbocycles. The second kappa shape index (κ2) is 8.92. The quantitative estimate of drug-likeness (QED) is 0.208. The minimum Gasteiger partial charge on any atom is -0.264 e. The average Bonchev–Trinajstić information content (AvgIpc) is 3.05. The number of para-hydroxylation sites is 4. The van der Waals surface area contributed by atoms with Gasteiger partial charge in [0.05, 0.1) is 22.1 Å². The van der Waals surface area contributed by atoms with Gasteiger partial charge >= 0.3 is 0 Å². The topological polar surface area (TPSA) is 38.7 Å². The molecule has 9 rings (SSSR count). The second-order valence-corrected chi connectivity index (χ2v) is 10.8. The predicted molar refractivity (Wildman–Crippen MR) is 176 cm³/mol. The molecule has 0 aliphatic rings. The highest BCUT2D eigenvalue weighted by Crippen LogP contribution is 2.49. The highest BCUT2D eigenvalue weighted by Gasteiger charge is 2.22. The highest BCUT2D eigenvalue weighted by molar-refractivity contribution is 6.29. The molecule has 0 saturated carbocycles. The Hall–Kier alpha value is -5.67. The van der Waals surface area contributed by atoms with Crippen LogP contribution in [-0.2, 0) is 0 Å². The zero-order valence-electron chi connectivity index (χ0n) is 22.6. The first-order chi connectivity index (χ1) is 20.9. The van der Waals surface area contributed by atoms with E-state index in [1.165, 1.54) is 38.4 Å². The van der Waals surface area contributed by atoms with Crippen LogP contribution in [0.25, 0.3) is 87.4 Å². The summed E-state index contributed by atoms with van der Waals surface area (Å²) in [6.45, 7) is 0. The summed E-state index contributed by atoms with van der Waals surface area (Å²) in [5.41, 5.74) is 8.77. The minimum atomic E-state index is 0.988. The Balaban J connectivity index is 1.55. The van der Waals surface area contributed by atoms with Crippen molar-refractivity contribution in [3.05, 3.63) is 140 Å². The van der Waals surface area contributed by atoms with E-state index in [2.05, 4.69) is 127 Å². The maximum atomic E-state index is 5.04. The van der Waals surface area contributed by atoms with Gasteiger partial charge in [0.1, 0.15) is 0 Å². The molecule has 9 aromatic rings. The largest absolute Gasteiger partial charge is 0.264 e. The number of benzene rings is 6. The van der Waals surface area contributed by atoms with Crippen LogP contribution in [0.1, 0.15) is 0 Å². The van der Waals surface area contributed by atoms with Crippen molar-refractivity contribution < 1.29 is 0 Å². The summed E-state index contributed by atoms with van der Waals surface area (Å²) < 4.78 is 0. The molecule has 0 unspecified atom stereocenters. The molecule has 6 aromatic carbocycles. The Morgan fingerprint density at radius 1 is 0.286 bits per heavy atom. The lowest BCUT2D eigenvalue weighted by molar-refractivity contribution is 1.37. The molecular formula is C39H23N3. The van der Waals surface area contributed by atoms with E-state index in [4.69, 9.17) is 15.0 Å². The van der Waals surface area contributed by atoms with Crippen LogP contribution in [0.3, 0.4) is 0 Å². The lowest BCUT2D eigenvalue weighted by Crippen LogP contribution is -1.96. The number of fused-ring (bicyclic) bond motifs is 6. The van der Waals surface area contributed by atoms with Gasteiger partial charge in [0.15, 0.2) is 0 Å². The molecule has 0 amide bonds. The van der Waals surface area contributed by atoms with E-state index in [0.717, 1.165) is 49.0 Å². The van der Waals surface area contributed by atoms with Gasteiger partial charge in [0.2, 0.25) is 0 Å². The summed E-state index contributed by atoms with van der Waals surface area (Å²) in [4.78, 5) is 14.8. The number of hydrogen-bond acceptors (Lipinski definition) is 3. The van der Waals surface area contributed by atoms with E-state index in [-0.39, 0.29) is 0 Å². The van der Waals surface area contributed by atoms with Crippen LogP contribution in [0.5, 0.6) is 0 Å². The third kappa shape index (κ3) is 3.25. The van der Waals surface area contributed by atoms with Crippen molar-refractivity contribution in [1.29, 1.82) is 0 Å². The molecule has 3 nitrogen and oxygen atoms in total. The molecule has 0 spiro atoms.